The summed E-state index contributed by atoms with van der Waals surface area (Å²) in [6.45, 7) is 8.74. The molecule has 3 nitrogen and oxygen atoms in total. The number of nitrogens with zero attached hydrogens (tertiary/aromatic N) is 2. The summed E-state index contributed by atoms with van der Waals surface area (Å²) < 4.78 is 2.30. The molecule has 1 aromatic rings. The fourth-order valence-corrected chi connectivity index (χ4v) is 2.04. The largest absolute Gasteiger partial charge is 0.333 e. The third kappa shape index (κ3) is 1.57. The van der Waals surface area contributed by atoms with Crippen LogP contribution in [0.4, 0.5) is 0 Å². The molecule has 1 N–H and O–H groups in total. The van der Waals surface area contributed by atoms with Crippen LogP contribution in [-0.2, 0) is 18.5 Å². The van der Waals surface area contributed by atoms with Crippen molar-refractivity contribution in [1.29, 1.82) is 0 Å². The second-order valence-corrected chi connectivity index (χ2v) is 4.51. The molecule has 2 rings (SSSR count). The Hall–Kier alpha value is -0.830. The average molecular weight is 193 g/mol. The van der Waals surface area contributed by atoms with Gasteiger partial charge in [0.1, 0.15) is 5.82 Å². The first kappa shape index (κ1) is 9.71. The van der Waals surface area contributed by atoms with E-state index in [9.17, 15) is 0 Å². The average Bonchev–Trinajstić information content (AvgIpc) is 2.51. The van der Waals surface area contributed by atoms with Gasteiger partial charge in [-0.25, -0.2) is 4.98 Å². The summed E-state index contributed by atoms with van der Waals surface area (Å²) in [6.07, 6.45) is 4.41. The monoisotopic (exact) mass is 193 g/mol. The number of imidazole rings is 1. The van der Waals surface area contributed by atoms with Crippen molar-refractivity contribution in [2.45, 2.75) is 45.7 Å². The second kappa shape index (κ2) is 3.39. The number of hydrogen-bond donors (Lipinski definition) is 1. The maximum atomic E-state index is 4.68. The van der Waals surface area contributed by atoms with Gasteiger partial charge in [-0.15, -0.1) is 0 Å². The van der Waals surface area contributed by atoms with Gasteiger partial charge in [0.25, 0.3) is 0 Å². The molecule has 0 spiro atoms. The zero-order valence-corrected chi connectivity index (χ0v) is 9.30. The number of aryl methyl sites for hydroxylation is 2. The molecule has 0 saturated heterocycles. The number of nitrogens with one attached hydrogen (secondary N) is 1. The molecule has 1 aromatic heterocycles. The van der Waals surface area contributed by atoms with Crippen molar-refractivity contribution in [3.63, 3.8) is 0 Å². The highest BCUT2D eigenvalue weighted by Gasteiger charge is 2.27. The molecular weight excluding hydrogens is 174 g/mol. The van der Waals surface area contributed by atoms with Gasteiger partial charge in [-0.05, 0) is 33.2 Å². The van der Waals surface area contributed by atoms with E-state index in [-0.39, 0.29) is 5.54 Å². The zero-order chi connectivity index (χ0) is 10.2. The lowest BCUT2D eigenvalue weighted by Gasteiger charge is -2.23. The van der Waals surface area contributed by atoms with E-state index in [0.29, 0.717) is 0 Å². The predicted octanol–water partition coefficient (Wildman–Crippen LogP) is 1.67. The zero-order valence-electron chi connectivity index (χ0n) is 9.30. The van der Waals surface area contributed by atoms with Crippen LogP contribution in [0.3, 0.4) is 0 Å². The number of aromatic nitrogens is 2. The molecule has 0 unspecified atom stereocenters. The molecule has 0 bridgehead atoms. The Labute approximate surface area is 85.5 Å². The summed E-state index contributed by atoms with van der Waals surface area (Å²) in [6, 6.07) is 0. The molecule has 0 aromatic carbocycles. The van der Waals surface area contributed by atoms with Crippen molar-refractivity contribution in [1.82, 2.24) is 14.9 Å². The minimum absolute atomic E-state index is 0.0178. The summed E-state index contributed by atoms with van der Waals surface area (Å²) in [5.74, 6) is 1.19. The van der Waals surface area contributed by atoms with Crippen molar-refractivity contribution >= 4 is 0 Å². The van der Waals surface area contributed by atoms with E-state index in [1.165, 1.54) is 17.9 Å². The van der Waals surface area contributed by atoms with Gasteiger partial charge in [-0.1, -0.05) is 6.92 Å². The summed E-state index contributed by atoms with van der Waals surface area (Å²) in [5.41, 5.74) is 1.22. The Kier molecular flexibility index (Phi) is 2.35. The van der Waals surface area contributed by atoms with E-state index in [4.69, 9.17) is 0 Å². The molecule has 0 aliphatic carbocycles. The van der Waals surface area contributed by atoms with Gasteiger partial charge in [0.05, 0.1) is 11.2 Å². The first-order valence-corrected chi connectivity index (χ1v) is 5.45. The third-order valence-corrected chi connectivity index (χ3v) is 2.89. The highest BCUT2D eigenvalue weighted by atomic mass is 15.2. The van der Waals surface area contributed by atoms with Gasteiger partial charge in [0.15, 0.2) is 0 Å². The lowest BCUT2D eigenvalue weighted by atomic mass is 10.1. The van der Waals surface area contributed by atoms with Gasteiger partial charge in [0, 0.05) is 12.7 Å². The molecule has 0 saturated carbocycles. The maximum Gasteiger partial charge on any atom is 0.128 e. The van der Waals surface area contributed by atoms with Crippen LogP contribution >= 0.6 is 0 Å². The van der Waals surface area contributed by atoms with Crippen LogP contribution in [-0.4, -0.2) is 16.1 Å². The van der Waals surface area contributed by atoms with E-state index in [1.54, 1.807) is 0 Å². The lowest BCUT2D eigenvalue weighted by Crippen LogP contribution is -2.37. The van der Waals surface area contributed by atoms with Crippen LogP contribution in [0.15, 0.2) is 6.20 Å². The molecule has 78 valence electrons. The first-order chi connectivity index (χ1) is 6.63. The molecule has 0 radical (unpaired) electrons. The van der Waals surface area contributed by atoms with Crippen LogP contribution in [0.1, 0.15) is 38.7 Å². The Balaban J connectivity index is 2.43. The van der Waals surface area contributed by atoms with Crippen molar-refractivity contribution in [3.05, 3.63) is 17.7 Å². The van der Waals surface area contributed by atoms with Gasteiger partial charge in [-0.2, -0.15) is 0 Å². The normalized spacial score (nSPS) is 20.2. The topological polar surface area (TPSA) is 29.9 Å². The predicted molar refractivity (Wildman–Crippen MR) is 57.3 cm³/mol. The van der Waals surface area contributed by atoms with Gasteiger partial charge in [0.2, 0.25) is 0 Å². The van der Waals surface area contributed by atoms with Gasteiger partial charge < -0.3 is 9.88 Å². The molecule has 1 aliphatic rings. The standard InChI is InChI=1S/C11H19N3/c1-4-9-8-14-7-5-6-12-11(2,3)10(14)13-9/h8,12H,4-7H2,1-3H3. The Morgan fingerprint density at radius 1 is 1.57 bits per heavy atom. The van der Waals surface area contributed by atoms with E-state index >= 15 is 0 Å². The van der Waals surface area contributed by atoms with Crippen LogP contribution in [0.5, 0.6) is 0 Å². The SMILES string of the molecule is CCc1cn2c(n1)C(C)(C)NCCC2. The molecule has 2 heterocycles. The maximum absolute atomic E-state index is 4.68. The fourth-order valence-electron chi connectivity index (χ4n) is 2.04. The van der Waals surface area contributed by atoms with Gasteiger partial charge >= 0.3 is 0 Å². The number of hydrogen-bond acceptors (Lipinski definition) is 2. The summed E-state index contributed by atoms with van der Waals surface area (Å²) in [7, 11) is 0. The fraction of sp³-hybridized carbons (Fsp3) is 0.727. The quantitative estimate of drug-likeness (QED) is 0.735. The highest BCUT2D eigenvalue weighted by molar-refractivity contribution is 5.12. The summed E-state index contributed by atoms with van der Waals surface area (Å²) >= 11 is 0. The van der Waals surface area contributed by atoms with Crippen LogP contribution in [0.2, 0.25) is 0 Å². The molecule has 0 fully saturated rings. The van der Waals surface area contributed by atoms with Crippen molar-refractivity contribution in [2.75, 3.05) is 6.54 Å². The molecule has 14 heavy (non-hydrogen) atoms. The summed E-state index contributed by atoms with van der Waals surface area (Å²) in [4.78, 5) is 4.68. The Bertz CT molecular complexity index is 325. The molecular formula is C11H19N3. The summed E-state index contributed by atoms with van der Waals surface area (Å²) in [5, 5.41) is 3.53. The van der Waals surface area contributed by atoms with Crippen LogP contribution in [0.25, 0.3) is 0 Å². The van der Waals surface area contributed by atoms with E-state index < -0.39 is 0 Å². The molecule has 3 heteroatoms. The highest BCUT2D eigenvalue weighted by Crippen LogP contribution is 2.22. The minimum Gasteiger partial charge on any atom is -0.333 e. The Morgan fingerprint density at radius 2 is 2.36 bits per heavy atom. The van der Waals surface area contributed by atoms with Crippen molar-refractivity contribution in [3.8, 4) is 0 Å². The van der Waals surface area contributed by atoms with E-state index in [1.807, 2.05) is 0 Å². The minimum atomic E-state index is 0.0178. The molecule has 0 atom stereocenters. The third-order valence-electron chi connectivity index (χ3n) is 2.89. The number of rotatable bonds is 1. The second-order valence-electron chi connectivity index (χ2n) is 4.51. The molecule has 1 aliphatic heterocycles. The molecule has 0 amide bonds. The van der Waals surface area contributed by atoms with E-state index in [2.05, 4.69) is 41.8 Å². The lowest BCUT2D eigenvalue weighted by molar-refractivity contribution is 0.394. The van der Waals surface area contributed by atoms with Crippen LogP contribution in [0, 0.1) is 0 Å². The van der Waals surface area contributed by atoms with Gasteiger partial charge in [-0.3, -0.25) is 0 Å². The van der Waals surface area contributed by atoms with Crippen molar-refractivity contribution in [2.24, 2.45) is 0 Å². The van der Waals surface area contributed by atoms with Crippen molar-refractivity contribution < 1.29 is 0 Å². The Morgan fingerprint density at radius 3 is 3.07 bits per heavy atom. The van der Waals surface area contributed by atoms with E-state index in [0.717, 1.165) is 19.5 Å². The van der Waals surface area contributed by atoms with Crippen LogP contribution < -0.4 is 5.32 Å². The number of fused-ring (bicyclic) bond motifs is 1. The first-order valence-electron chi connectivity index (χ1n) is 5.45. The smallest absolute Gasteiger partial charge is 0.128 e.